The Kier molecular flexibility index (Phi) is 6.77. The second-order valence-corrected chi connectivity index (χ2v) is 5.11. The third-order valence-electron chi connectivity index (χ3n) is 3.35. The number of carbonyl (C=O) groups is 2. The van der Waals surface area contributed by atoms with Crippen LogP contribution >= 0.6 is 0 Å². The van der Waals surface area contributed by atoms with Gasteiger partial charge >= 0.3 is 5.97 Å². The summed E-state index contributed by atoms with van der Waals surface area (Å²) in [7, 11) is 3.12. The number of fused-ring (bicyclic) bond motifs is 1. The van der Waals surface area contributed by atoms with Crippen molar-refractivity contribution in [2.75, 3.05) is 34.0 Å². The van der Waals surface area contributed by atoms with Crippen LogP contribution in [-0.4, -0.2) is 45.9 Å². The van der Waals surface area contributed by atoms with Gasteiger partial charge in [0.25, 0.3) is 5.91 Å². The number of hydrogen-bond acceptors (Lipinski definition) is 6. The van der Waals surface area contributed by atoms with Gasteiger partial charge in [-0.25, -0.2) is 4.79 Å². The molecule has 130 valence electrons. The Morgan fingerprint density at radius 1 is 1.17 bits per heavy atom. The smallest absolute Gasteiger partial charge is 0.375 e. The highest BCUT2D eigenvalue weighted by Gasteiger charge is 2.22. The molecule has 0 aliphatic rings. The molecule has 0 atom stereocenters. The molecule has 2 aromatic rings. The van der Waals surface area contributed by atoms with Crippen molar-refractivity contribution >= 4 is 22.8 Å². The number of benzene rings is 1. The van der Waals surface area contributed by atoms with Gasteiger partial charge in [-0.1, -0.05) is 18.2 Å². The Morgan fingerprint density at radius 3 is 2.71 bits per heavy atom. The summed E-state index contributed by atoms with van der Waals surface area (Å²) in [6.45, 7) is 0.864. The number of nitrogens with one attached hydrogen (secondary N) is 1. The van der Waals surface area contributed by atoms with E-state index in [2.05, 4.69) is 5.32 Å². The minimum absolute atomic E-state index is 0.0604. The molecule has 0 fully saturated rings. The molecule has 1 amide bonds. The van der Waals surface area contributed by atoms with Crippen molar-refractivity contribution in [1.82, 2.24) is 5.32 Å². The fourth-order valence-corrected chi connectivity index (χ4v) is 2.24. The lowest BCUT2D eigenvalue weighted by molar-refractivity contribution is -0.124. The van der Waals surface area contributed by atoms with E-state index in [0.717, 1.165) is 5.39 Å². The Labute approximate surface area is 139 Å². The van der Waals surface area contributed by atoms with Crippen LogP contribution in [0.4, 0.5) is 0 Å². The number of para-hydroxylation sites is 1. The van der Waals surface area contributed by atoms with Crippen LogP contribution in [0.1, 0.15) is 22.5 Å². The second-order valence-electron chi connectivity index (χ2n) is 5.11. The van der Waals surface area contributed by atoms with Gasteiger partial charge in [0, 0.05) is 38.3 Å². The van der Waals surface area contributed by atoms with E-state index in [-0.39, 0.29) is 24.9 Å². The minimum Gasteiger partial charge on any atom is -0.450 e. The molecule has 7 nitrogen and oxygen atoms in total. The number of hydrogen-bond donors (Lipinski definition) is 1. The van der Waals surface area contributed by atoms with E-state index < -0.39 is 5.97 Å². The van der Waals surface area contributed by atoms with E-state index in [0.29, 0.717) is 30.7 Å². The molecule has 0 saturated carbocycles. The number of methoxy groups -OCH3 is 2. The highest BCUT2D eigenvalue weighted by atomic mass is 16.5. The molecule has 0 aliphatic carbocycles. The monoisotopic (exact) mass is 335 g/mol. The Balaban J connectivity index is 1.98. The summed E-state index contributed by atoms with van der Waals surface area (Å²) < 4.78 is 20.6. The van der Waals surface area contributed by atoms with Gasteiger partial charge in [0.05, 0.1) is 6.61 Å². The number of carbonyl (C=O) groups excluding carboxylic acids is 2. The molecule has 24 heavy (non-hydrogen) atoms. The third kappa shape index (κ3) is 4.56. The summed E-state index contributed by atoms with van der Waals surface area (Å²) in [5.41, 5.74) is 1.18. The lowest BCUT2D eigenvalue weighted by atomic mass is 10.1. The molecule has 0 saturated heterocycles. The minimum atomic E-state index is -0.690. The number of esters is 1. The summed E-state index contributed by atoms with van der Waals surface area (Å²) in [4.78, 5) is 23.9. The van der Waals surface area contributed by atoms with Crippen molar-refractivity contribution in [1.29, 1.82) is 0 Å². The molecule has 2 rings (SSSR count). The van der Waals surface area contributed by atoms with Gasteiger partial charge in [0.1, 0.15) is 5.58 Å². The van der Waals surface area contributed by atoms with Gasteiger partial charge in [0.2, 0.25) is 5.76 Å². The SMILES string of the molecule is COCCCNC(=O)COC(=O)c1oc2ccccc2c1COC. The van der Waals surface area contributed by atoms with Crippen LogP contribution in [0.15, 0.2) is 28.7 Å². The van der Waals surface area contributed by atoms with Crippen molar-refractivity contribution in [2.24, 2.45) is 0 Å². The van der Waals surface area contributed by atoms with E-state index in [1.807, 2.05) is 18.2 Å². The highest BCUT2D eigenvalue weighted by molar-refractivity contribution is 5.96. The van der Waals surface area contributed by atoms with Crippen molar-refractivity contribution in [3.63, 3.8) is 0 Å². The predicted molar refractivity (Wildman–Crippen MR) is 86.7 cm³/mol. The standard InChI is InChI=1S/C17H21NO6/c1-21-9-5-8-18-15(19)11-23-17(20)16-13(10-22-2)12-6-3-4-7-14(12)24-16/h3-4,6-7H,5,8-11H2,1-2H3,(H,18,19). The lowest BCUT2D eigenvalue weighted by Crippen LogP contribution is -2.30. The molecule has 1 heterocycles. The summed E-state index contributed by atoms with van der Waals surface area (Å²) in [5, 5.41) is 3.43. The van der Waals surface area contributed by atoms with Crippen LogP contribution in [0.5, 0.6) is 0 Å². The van der Waals surface area contributed by atoms with E-state index in [4.69, 9.17) is 18.6 Å². The Hall–Kier alpha value is -2.38. The molecule has 0 spiro atoms. The fraction of sp³-hybridized carbons (Fsp3) is 0.412. The summed E-state index contributed by atoms with van der Waals surface area (Å²) in [6.07, 6.45) is 0.692. The van der Waals surface area contributed by atoms with E-state index >= 15 is 0 Å². The molecular formula is C17H21NO6. The van der Waals surface area contributed by atoms with Crippen molar-refractivity contribution in [3.8, 4) is 0 Å². The topological polar surface area (TPSA) is 87.0 Å². The summed E-state index contributed by atoms with van der Waals surface area (Å²) in [6, 6.07) is 7.25. The highest BCUT2D eigenvalue weighted by Crippen LogP contribution is 2.27. The number of ether oxygens (including phenoxy) is 3. The van der Waals surface area contributed by atoms with Gasteiger partial charge in [-0.15, -0.1) is 0 Å². The maximum atomic E-state index is 12.2. The summed E-state index contributed by atoms with van der Waals surface area (Å²) in [5.74, 6) is -1.00. The van der Waals surface area contributed by atoms with E-state index in [1.54, 1.807) is 13.2 Å². The zero-order valence-electron chi connectivity index (χ0n) is 13.8. The molecule has 1 N–H and O–H groups in total. The van der Waals surface area contributed by atoms with Crippen molar-refractivity contribution in [3.05, 3.63) is 35.6 Å². The summed E-state index contributed by atoms with van der Waals surface area (Å²) >= 11 is 0. The van der Waals surface area contributed by atoms with Crippen molar-refractivity contribution in [2.45, 2.75) is 13.0 Å². The molecule has 0 radical (unpaired) electrons. The average Bonchev–Trinajstić information content (AvgIpc) is 2.96. The van der Waals surface area contributed by atoms with E-state index in [9.17, 15) is 9.59 Å². The zero-order valence-corrected chi connectivity index (χ0v) is 13.8. The largest absolute Gasteiger partial charge is 0.450 e. The molecule has 7 heteroatoms. The molecule has 1 aromatic carbocycles. The first kappa shape index (κ1) is 18.0. The molecular weight excluding hydrogens is 314 g/mol. The normalized spacial score (nSPS) is 10.8. The van der Waals surface area contributed by atoms with Gasteiger partial charge in [-0.3, -0.25) is 4.79 Å². The fourth-order valence-electron chi connectivity index (χ4n) is 2.24. The first-order valence-corrected chi connectivity index (χ1v) is 7.59. The number of furan rings is 1. The molecule has 0 aliphatic heterocycles. The van der Waals surface area contributed by atoms with Crippen LogP contribution in [0, 0.1) is 0 Å². The lowest BCUT2D eigenvalue weighted by Gasteiger charge is -2.06. The van der Waals surface area contributed by atoms with Gasteiger partial charge in [-0.05, 0) is 12.5 Å². The predicted octanol–water partition coefficient (Wildman–Crippen LogP) is 1.89. The van der Waals surface area contributed by atoms with Crippen molar-refractivity contribution < 1.29 is 28.2 Å². The Bertz CT molecular complexity index is 693. The van der Waals surface area contributed by atoms with Crippen LogP contribution < -0.4 is 5.32 Å². The number of amides is 1. The second kappa shape index (κ2) is 9.05. The quantitative estimate of drug-likeness (QED) is 0.556. The number of rotatable bonds is 9. The molecule has 0 unspecified atom stereocenters. The van der Waals surface area contributed by atoms with Gasteiger partial charge < -0.3 is 23.9 Å². The van der Waals surface area contributed by atoms with Crippen LogP contribution in [0.2, 0.25) is 0 Å². The van der Waals surface area contributed by atoms with E-state index in [1.165, 1.54) is 7.11 Å². The van der Waals surface area contributed by atoms with Crippen LogP contribution in [-0.2, 0) is 25.6 Å². The van der Waals surface area contributed by atoms with Crippen LogP contribution in [0.3, 0.4) is 0 Å². The zero-order chi connectivity index (χ0) is 17.4. The molecule has 0 bridgehead atoms. The third-order valence-corrected chi connectivity index (χ3v) is 3.35. The first-order valence-electron chi connectivity index (χ1n) is 7.59. The van der Waals surface area contributed by atoms with Gasteiger partial charge in [-0.2, -0.15) is 0 Å². The molecule has 1 aromatic heterocycles. The van der Waals surface area contributed by atoms with Gasteiger partial charge in [0.15, 0.2) is 6.61 Å². The first-order chi connectivity index (χ1) is 11.7. The average molecular weight is 335 g/mol. The Morgan fingerprint density at radius 2 is 1.96 bits per heavy atom. The maximum Gasteiger partial charge on any atom is 0.375 e. The maximum absolute atomic E-state index is 12.2. The van der Waals surface area contributed by atoms with Crippen LogP contribution in [0.25, 0.3) is 11.0 Å².